The maximum absolute atomic E-state index is 14.0. The molecular formula is C21H22FN5O2. The molecular weight excluding hydrogens is 373 g/mol. The fourth-order valence-electron chi connectivity index (χ4n) is 3.33. The Hall–Kier alpha value is -3.55. The van der Waals surface area contributed by atoms with Crippen LogP contribution in [0.25, 0.3) is 0 Å². The Kier molecular flexibility index (Phi) is 5.33. The quantitative estimate of drug-likeness (QED) is 0.710. The predicted octanol–water partition coefficient (Wildman–Crippen LogP) is 3.33. The molecule has 0 spiro atoms. The number of hydrogen-bond donors (Lipinski definition) is 1. The molecule has 150 valence electrons. The van der Waals surface area contributed by atoms with Crippen molar-refractivity contribution in [3.63, 3.8) is 0 Å². The minimum Gasteiger partial charge on any atom is -0.497 e. The fraction of sp³-hybridized carbons (Fsp3) is 0.238. The van der Waals surface area contributed by atoms with E-state index in [9.17, 15) is 4.39 Å². The van der Waals surface area contributed by atoms with Crippen molar-refractivity contribution in [1.82, 2.24) is 9.97 Å². The third-order valence-electron chi connectivity index (χ3n) is 4.87. The summed E-state index contributed by atoms with van der Waals surface area (Å²) in [7, 11) is 1.61. The molecule has 0 radical (unpaired) electrons. The summed E-state index contributed by atoms with van der Waals surface area (Å²) in [5.41, 5.74) is 7.29. The maximum atomic E-state index is 14.0. The van der Waals surface area contributed by atoms with E-state index < -0.39 is 0 Å². The van der Waals surface area contributed by atoms with E-state index in [4.69, 9.17) is 15.2 Å². The molecule has 29 heavy (non-hydrogen) atoms. The second kappa shape index (κ2) is 8.22. The van der Waals surface area contributed by atoms with Gasteiger partial charge >= 0.3 is 0 Å². The smallest absolute Gasteiger partial charge is 0.248 e. The van der Waals surface area contributed by atoms with Gasteiger partial charge in [-0.3, -0.25) is 0 Å². The van der Waals surface area contributed by atoms with E-state index in [0.717, 1.165) is 5.75 Å². The Morgan fingerprint density at radius 2 is 1.55 bits per heavy atom. The molecule has 0 bridgehead atoms. The molecule has 2 aromatic carbocycles. The third-order valence-corrected chi connectivity index (χ3v) is 4.87. The summed E-state index contributed by atoms with van der Waals surface area (Å²) >= 11 is 0. The number of para-hydroxylation sites is 1. The third kappa shape index (κ3) is 4.01. The van der Waals surface area contributed by atoms with Crippen LogP contribution in [0.15, 0.2) is 54.9 Å². The molecule has 0 atom stereocenters. The van der Waals surface area contributed by atoms with Crippen molar-refractivity contribution in [3.05, 3.63) is 60.7 Å². The molecule has 0 amide bonds. The lowest BCUT2D eigenvalue weighted by Crippen LogP contribution is -2.47. The van der Waals surface area contributed by atoms with Crippen molar-refractivity contribution < 1.29 is 13.9 Å². The number of methoxy groups -OCH3 is 1. The number of hydrogen-bond acceptors (Lipinski definition) is 7. The van der Waals surface area contributed by atoms with Gasteiger partial charge in [-0.25, -0.2) is 9.37 Å². The highest BCUT2D eigenvalue weighted by atomic mass is 19.1. The fourth-order valence-corrected chi connectivity index (χ4v) is 3.33. The summed E-state index contributed by atoms with van der Waals surface area (Å²) in [6.07, 6.45) is 1.44. The molecule has 1 aliphatic rings. The first-order chi connectivity index (χ1) is 14.2. The Labute approximate surface area is 168 Å². The maximum Gasteiger partial charge on any atom is 0.248 e. The van der Waals surface area contributed by atoms with Crippen LogP contribution in [0.4, 0.5) is 21.6 Å². The van der Waals surface area contributed by atoms with E-state index in [1.165, 1.54) is 12.4 Å². The summed E-state index contributed by atoms with van der Waals surface area (Å²) in [5, 5.41) is 0. The van der Waals surface area contributed by atoms with Gasteiger partial charge < -0.3 is 25.0 Å². The normalized spacial score (nSPS) is 14.0. The lowest BCUT2D eigenvalue weighted by molar-refractivity contribution is 0.412. The van der Waals surface area contributed by atoms with Gasteiger partial charge in [-0.05, 0) is 36.4 Å². The van der Waals surface area contributed by atoms with Crippen LogP contribution in [0, 0.1) is 5.82 Å². The zero-order valence-electron chi connectivity index (χ0n) is 16.1. The summed E-state index contributed by atoms with van der Waals surface area (Å²) in [6.45, 7) is 2.66. The summed E-state index contributed by atoms with van der Waals surface area (Å²) < 4.78 is 25.0. The van der Waals surface area contributed by atoms with Gasteiger partial charge in [0, 0.05) is 26.2 Å². The number of anilines is 3. The number of nitrogen functional groups attached to an aromatic ring is 1. The second-order valence-corrected chi connectivity index (χ2v) is 6.62. The average Bonchev–Trinajstić information content (AvgIpc) is 2.76. The van der Waals surface area contributed by atoms with Crippen molar-refractivity contribution in [2.75, 3.05) is 48.8 Å². The zero-order valence-corrected chi connectivity index (χ0v) is 16.1. The molecule has 3 aromatic rings. The minimum atomic E-state index is -0.210. The number of ether oxygens (including phenoxy) is 2. The number of nitrogens with two attached hydrogens (primary N) is 1. The van der Waals surface area contributed by atoms with Gasteiger partial charge in [-0.1, -0.05) is 12.1 Å². The van der Waals surface area contributed by atoms with Crippen molar-refractivity contribution in [1.29, 1.82) is 0 Å². The average molecular weight is 395 g/mol. The standard InChI is InChI=1S/C21H22FN5O2/c1-28-15-6-8-16(9-7-15)29-21-19(23)20(24-14-25-21)27-12-10-26(11-13-27)18-5-3-2-4-17(18)22/h2-9,14H,10-13,23H2,1H3. The van der Waals surface area contributed by atoms with Crippen LogP contribution in [0.5, 0.6) is 17.4 Å². The molecule has 2 N–H and O–H groups in total. The zero-order chi connectivity index (χ0) is 20.2. The van der Waals surface area contributed by atoms with Gasteiger partial charge in [0.05, 0.1) is 12.8 Å². The van der Waals surface area contributed by atoms with Gasteiger partial charge in [0.2, 0.25) is 5.88 Å². The Morgan fingerprint density at radius 1 is 0.897 bits per heavy atom. The molecule has 1 aromatic heterocycles. The lowest BCUT2D eigenvalue weighted by Gasteiger charge is -2.37. The first-order valence-corrected chi connectivity index (χ1v) is 9.32. The molecule has 2 heterocycles. The van der Waals surface area contributed by atoms with E-state index >= 15 is 0 Å². The molecule has 7 nitrogen and oxygen atoms in total. The van der Waals surface area contributed by atoms with Crippen LogP contribution in [0.3, 0.4) is 0 Å². The highest BCUT2D eigenvalue weighted by Crippen LogP contribution is 2.33. The number of aromatic nitrogens is 2. The van der Waals surface area contributed by atoms with Crippen LogP contribution in [-0.4, -0.2) is 43.3 Å². The largest absolute Gasteiger partial charge is 0.497 e. The van der Waals surface area contributed by atoms with Crippen molar-refractivity contribution in [2.45, 2.75) is 0 Å². The SMILES string of the molecule is COc1ccc(Oc2ncnc(N3CCN(c4ccccc4F)CC3)c2N)cc1. The first-order valence-electron chi connectivity index (χ1n) is 9.32. The Bertz CT molecular complexity index is 975. The highest BCUT2D eigenvalue weighted by molar-refractivity contribution is 5.69. The Morgan fingerprint density at radius 3 is 2.24 bits per heavy atom. The van der Waals surface area contributed by atoms with Crippen molar-refractivity contribution in [2.24, 2.45) is 0 Å². The molecule has 0 aliphatic carbocycles. The number of benzene rings is 2. The summed E-state index contributed by atoms with van der Waals surface area (Å²) in [5.74, 6) is 2.05. The van der Waals surface area contributed by atoms with E-state index in [2.05, 4.69) is 14.9 Å². The van der Waals surface area contributed by atoms with Crippen LogP contribution in [-0.2, 0) is 0 Å². The van der Waals surface area contributed by atoms with Gasteiger partial charge in [0.15, 0.2) is 5.82 Å². The van der Waals surface area contributed by atoms with E-state index in [0.29, 0.717) is 55.0 Å². The van der Waals surface area contributed by atoms with Crippen molar-refractivity contribution >= 4 is 17.2 Å². The monoisotopic (exact) mass is 395 g/mol. The molecule has 4 rings (SSSR count). The predicted molar refractivity (Wildman–Crippen MR) is 110 cm³/mol. The molecule has 1 saturated heterocycles. The second-order valence-electron chi connectivity index (χ2n) is 6.62. The van der Waals surface area contributed by atoms with Crippen LogP contribution < -0.4 is 25.0 Å². The van der Waals surface area contributed by atoms with E-state index in [1.807, 2.05) is 11.0 Å². The van der Waals surface area contributed by atoms with Gasteiger partial charge in [-0.15, -0.1) is 0 Å². The first kappa shape index (κ1) is 18.8. The summed E-state index contributed by atoms with van der Waals surface area (Å²) in [4.78, 5) is 12.6. The molecule has 1 aliphatic heterocycles. The van der Waals surface area contributed by atoms with Gasteiger partial charge in [0.1, 0.15) is 29.3 Å². The molecule has 8 heteroatoms. The minimum absolute atomic E-state index is 0.210. The van der Waals surface area contributed by atoms with Gasteiger partial charge in [0.25, 0.3) is 0 Å². The molecule has 0 unspecified atom stereocenters. The van der Waals surface area contributed by atoms with Crippen LogP contribution >= 0.6 is 0 Å². The highest BCUT2D eigenvalue weighted by Gasteiger charge is 2.23. The number of rotatable bonds is 5. The molecule has 1 fully saturated rings. The van der Waals surface area contributed by atoms with Crippen LogP contribution in [0.2, 0.25) is 0 Å². The van der Waals surface area contributed by atoms with Crippen molar-refractivity contribution in [3.8, 4) is 17.4 Å². The summed E-state index contributed by atoms with van der Waals surface area (Å²) in [6, 6.07) is 14.0. The lowest BCUT2D eigenvalue weighted by atomic mass is 10.2. The van der Waals surface area contributed by atoms with E-state index in [-0.39, 0.29) is 5.82 Å². The number of halogens is 1. The van der Waals surface area contributed by atoms with E-state index in [1.54, 1.807) is 43.5 Å². The number of nitrogens with zero attached hydrogens (tertiary/aromatic N) is 4. The van der Waals surface area contributed by atoms with Crippen LogP contribution in [0.1, 0.15) is 0 Å². The Balaban J connectivity index is 1.47. The van der Waals surface area contributed by atoms with Gasteiger partial charge in [-0.2, -0.15) is 4.98 Å². The number of piperazine rings is 1. The molecule has 0 saturated carbocycles. The topological polar surface area (TPSA) is 76.7 Å².